The zero-order chi connectivity index (χ0) is 21.3. The molecule has 0 saturated carbocycles. The molecule has 5 aromatic rings. The first kappa shape index (κ1) is 19.0. The molecule has 2 aromatic heterocycles. The molecule has 1 aliphatic heterocycles. The van der Waals surface area contributed by atoms with Gasteiger partial charge in [-0.3, -0.25) is 4.98 Å². The Hall–Kier alpha value is -3.77. The van der Waals surface area contributed by atoms with Crippen molar-refractivity contribution >= 4 is 27.8 Å². The van der Waals surface area contributed by atoms with Crippen molar-refractivity contribution in [1.82, 2.24) is 24.8 Å². The summed E-state index contributed by atoms with van der Waals surface area (Å²) in [6.07, 6.45) is 1.84. The van der Waals surface area contributed by atoms with Crippen LogP contribution in [0.2, 0.25) is 0 Å². The lowest BCUT2D eigenvalue weighted by atomic mass is 10.2. The van der Waals surface area contributed by atoms with Gasteiger partial charge in [-0.05, 0) is 35.9 Å². The fourth-order valence-corrected chi connectivity index (χ4v) is 4.42. The number of anilines is 1. The number of aromatic nitrogens is 4. The summed E-state index contributed by atoms with van der Waals surface area (Å²) in [4.78, 5) is 17.0. The highest BCUT2D eigenvalue weighted by Gasteiger charge is 2.18. The van der Waals surface area contributed by atoms with Gasteiger partial charge < -0.3 is 14.8 Å². The Morgan fingerprint density at radius 2 is 1.56 bits per heavy atom. The van der Waals surface area contributed by atoms with Crippen LogP contribution in [-0.2, 0) is 6.54 Å². The molecule has 6 heteroatoms. The van der Waals surface area contributed by atoms with Gasteiger partial charge in [0.25, 0.3) is 0 Å². The third-order valence-corrected chi connectivity index (χ3v) is 6.08. The SMILES string of the molecule is c1ccc(Cn2c(-c3cnc4ccccc4n3)nc3ccc(N4CCNCC4)cc32)cc1. The minimum atomic E-state index is 0.728. The van der Waals surface area contributed by atoms with Crippen LogP contribution in [0.15, 0.2) is 79.0 Å². The molecule has 0 radical (unpaired) electrons. The molecule has 6 nitrogen and oxygen atoms in total. The van der Waals surface area contributed by atoms with E-state index in [9.17, 15) is 0 Å². The minimum Gasteiger partial charge on any atom is -0.369 e. The minimum absolute atomic E-state index is 0.728. The lowest BCUT2D eigenvalue weighted by molar-refractivity contribution is 0.589. The van der Waals surface area contributed by atoms with E-state index < -0.39 is 0 Å². The summed E-state index contributed by atoms with van der Waals surface area (Å²) in [7, 11) is 0. The van der Waals surface area contributed by atoms with E-state index in [1.54, 1.807) is 0 Å². The number of benzene rings is 3. The molecule has 0 unspecified atom stereocenters. The van der Waals surface area contributed by atoms with Crippen LogP contribution in [0.4, 0.5) is 5.69 Å². The number of nitrogens with one attached hydrogen (secondary N) is 1. The summed E-state index contributed by atoms with van der Waals surface area (Å²) in [5.74, 6) is 0.847. The first-order valence-electron chi connectivity index (χ1n) is 11.1. The van der Waals surface area contributed by atoms with Crippen molar-refractivity contribution in [2.24, 2.45) is 0 Å². The number of hydrogen-bond acceptors (Lipinski definition) is 5. The normalized spacial score (nSPS) is 14.3. The maximum Gasteiger partial charge on any atom is 0.161 e. The Kier molecular flexibility index (Phi) is 4.77. The Labute approximate surface area is 186 Å². The lowest BCUT2D eigenvalue weighted by Gasteiger charge is -2.29. The van der Waals surface area contributed by atoms with Gasteiger partial charge in [0, 0.05) is 38.4 Å². The highest BCUT2D eigenvalue weighted by molar-refractivity contribution is 5.84. The standard InChI is InChI=1S/C26H24N6/c1-2-6-19(7-3-1)18-32-25-16-20(31-14-12-27-13-15-31)10-11-23(25)30-26(32)24-17-28-21-8-4-5-9-22(21)29-24/h1-11,16-17,27H,12-15,18H2. The van der Waals surface area contributed by atoms with E-state index in [0.29, 0.717) is 0 Å². The van der Waals surface area contributed by atoms with Crippen LogP contribution in [-0.4, -0.2) is 45.7 Å². The molecular formula is C26H24N6. The largest absolute Gasteiger partial charge is 0.369 e. The maximum absolute atomic E-state index is 5.00. The number of nitrogens with zero attached hydrogens (tertiary/aromatic N) is 5. The molecule has 1 aliphatic rings. The van der Waals surface area contributed by atoms with Gasteiger partial charge in [0.05, 0.1) is 28.3 Å². The zero-order valence-corrected chi connectivity index (χ0v) is 17.8. The second kappa shape index (κ2) is 8.05. The van der Waals surface area contributed by atoms with Gasteiger partial charge >= 0.3 is 0 Å². The number of hydrogen-bond donors (Lipinski definition) is 1. The maximum atomic E-state index is 5.00. The van der Waals surface area contributed by atoms with Crippen LogP contribution in [0.3, 0.4) is 0 Å². The predicted octanol–water partition coefficient (Wildman–Crippen LogP) is 4.10. The molecule has 6 rings (SSSR count). The number of para-hydroxylation sites is 2. The second-order valence-corrected chi connectivity index (χ2v) is 8.16. The van der Waals surface area contributed by atoms with Gasteiger partial charge in [0.1, 0.15) is 5.69 Å². The highest BCUT2D eigenvalue weighted by atomic mass is 15.2. The van der Waals surface area contributed by atoms with Gasteiger partial charge in [-0.15, -0.1) is 0 Å². The van der Waals surface area contributed by atoms with Gasteiger partial charge in [0.15, 0.2) is 5.82 Å². The molecule has 3 aromatic carbocycles. The second-order valence-electron chi connectivity index (χ2n) is 8.16. The molecule has 1 fully saturated rings. The zero-order valence-electron chi connectivity index (χ0n) is 17.8. The van der Waals surface area contributed by atoms with Crippen molar-refractivity contribution in [1.29, 1.82) is 0 Å². The number of fused-ring (bicyclic) bond motifs is 2. The molecule has 0 spiro atoms. The van der Waals surface area contributed by atoms with Crippen molar-refractivity contribution in [2.45, 2.75) is 6.54 Å². The fourth-order valence-electron chi connectivity index (χ4n) is 4.42. The summed E-state index contributed by atoms with van der Waals surface area (Å²) in [6.45, 7) is 4.79. The molecule has 1 N–H and O–H groups in total. The monoisotopic (exact) mass is 420 g/mol. The number of imidazole rings is 1. The summed E-state index contributed by atoms with van der Waals surface area (Å²) in [5, 5.41) is 3.43. The van der Waals surface area contributed by atoms with E-state index in [1.165, 1.54) is 11.3 Å². The van der Waals surface area contributed by atoms with Crippen molar-refractivity contribution in [3.63, 3.8) is 0 Å². The smallest absolute Gasteiger partial charge is 0.161 e. The quantitative estimate of drug-likeness (QED) is 0.474. The van der Waals surface area contributed by atoms with Crippen molar-refractivity contribution in [2.75, 3.05) is 31.1 Å². The van der Waals surface area contributed by atoms with Gasteiger partial charge in [-0.25, -0.2) is 9.97 Å². The number of piperazine rings is 1. The fraction of sp³-hybridized carbons (Fsp3) is 0.192. The van der Waals surface area contributed by atoms with E-state index in [1.807, 2.05) is 36.5 Å². The van der Waals surface area contributed by atoms with Crippen LogP contribution in [0.1, 0.15) is 5.56 Å². The Morgan fingerprint density at radius 3 is 2.41 bits per heavy atom. The third kappa shape index (κ3) is 3.48. The summed E-state index contributed by atoms with van der Waals surface area (Å²) >= 11 is 0. The Morgan fingerprint density at radius 1 is 0.781 bits per heavy atom. The number of rotatable bonds is 4. The van der Waals surface area contributed by atoms with Crippen molar-refractivity contribution in [3.05, 3.63) is 84.6 Å². The van der Waals surface area contributed by atoms with Gasteiger partial charge in [-0.2, -0.15) is 0 Å². The average Bonchev–Trinajstić information content (AvgIpc) is 3.22. The van der Waals surface area contributed by atoms with E-state index in [-0.39, 0.29) is 0 Å². The van der Waals surface area contributed by atoms with Crippen LogP contribution in [0, 0.1) is 0 Å². The van der Waals surface area contributed by atoms with Crippen molar-refractivity contribution < 1.29 is 0 Å². The van der Waals surface area contributed by atoms with Crippen LogP contribution in [0.25, 0.3) is 33.6 Å². The Balaban J connectivity index is 1.51. The summed E-state index contributed by atoms with van der Waals surface area (Å²) in [6, 6.07) is 25.1. The molecule has 0 atom stereocenters. The van der Waals surface area contributed by atoms with Gasteiger partial charge in [-0.1, -0.05) is 42.5 Å². The molecule has 1 saturated heterocycles. The third-order valence-electron chi connectivity index (χ3n) is 6.08. The average molecular weight is 421 g/mol. The summed E-state index contributed by atoms with van der Waals surface area (Å²) < 4.78 is 2.27. The topological polar surface area (TPSA) is 58.9 Å². The molecule has 0 bridgehead atoms. The van der Waals surface area contributed by atoms with Crippen LogP contribution < -0.4 is 10.2 Å². The molecule has 32 heavy (non-hydrogen) atoms. The molecule has 158 valence electrons. The van der Waals surface area contributed by atoms with E-state index >= 15 is 0 Å². The van der Waals surface area contributed by atoms with E-state index in [2.05, 4.69) is 62.2 Å². The van der Waals surface area contributed by atoms with Crippen molar-refractivity contribution in [3.8, 4) is 11.5 Å². The first-order chi connectivity index (χ1) is 15.8. The molecule has 3 heterocycles. The molecule has 0 aliphatic carbocycles. The highest BCUT2D eigenvalue weighted by Crippen LogP contribution is 2.29. The summed E-state index contributed by atoms with van der Waals surface area (Å²) in [5.41, 5.74) is 7.13. The molecule has 0 amide bonds. The van der Waals surface area contributed by atoms with E-state index in [0.717, 1.165) is 66.3 Å². The van der Waals surface area contributed by atoms with Gasteiger partial charge in [0.2, 0.25) is 0 Å². The first-order valence-corrected chi connectivity index (χ1v) is 11.1. The molecular weight excluding hydrogens is 396 g/mol. The van der Waals surface area contributed by atoms with Crippen LogP contribution >= 0.6 is 0 Å². The lowest BCUT2D eigenvalue weighted by Crippen LogP contribution is -2.43. The van der Waals surface area contributed by atoms with E-state index in [4.69, 9.17) is 9.97 Å². The predicted molar refractivity (Wildman–Crippen MR) is 129 cm³/mol. The Bertz CT molecular complexity index is 1390. The van der Waals surface area contributed by atoms with Crippen LogP contribution in [0.5, 0.6) is 0 Å².